The molecule has 2 saturated heterocycles. The van der Waals surface area contributed by atoms with Gasteiger partial charge in [-0.05, 0) is 49.1 Å². The number of para-hydroxylation sites is 1. The number of allylic oxidation sites excluding steroid dienone is 2. The zero-order valence-corrected chi connectivity index (χ0v) is 26.5. The van der Waals surface area contributed by atoms with Crippen molar-refractivity contribution < 1.29 is 46.2 Å². The monoisotopic (exact) mass is 754 g/mol. The van der Waals surface area contributed by atoms with Crippen LogP contribution in [0.1, 0.15) is 24.3 Å². The minimum Gasteiger partial charge on any atom is -0.508 e. The number of phenolic OH excluding ortho intramolecular Hbond substituents is 1. The van der Waals surface area contributed by atoms with E-state index in [2.05, 4.69) is 15.9 Å². The van der Waals surface area contributed by atoms with E-state index in [4.69, 9.17) is 23.2 Å². The van der Waals surface area contributed by atoms with Crippen molar-refractivity contribution in [3.8, 4) is 5.75 Å². The van der Waals surface area contributed by atoms with Gasteiger partial charge in [0.25, 0.3) is 11.8 Å². The van der Waals surface area contributed by atoms with Crippen LogP contribution in [0.3, 0.4) is 0 Å². The Morgan fingerprint density at radius 1 is 0.766 bits per heavy atom. The second-order valence-electron chi connectivity index (χ2n) is 11.7. The van der Waals surface area contributed by atoms with Gasteiger partial charge in [0.1, 0.15) is 11.4 Å². The largest absolute Gasteiger partial charge is 0.508 e. The second kappa shape index (κ2) is 10.6. The molecule has 2 aliphatic heterocycles. The summed E-state index contributed by atoms with van der Waals surface area (Å²) in [6.45, 7) is 0. The third-order valence-electron chi connectivity index (χ3n) is 9.55. The van der Waals surface area contributed by atoms with Crippen molar-refractivity contribution >= 4 is 74.1 Å². The molecular formula is C32H18BrCl2F5N2O5. The van der Waals surface area contributed by atoms with Gasteiger partial charge in [-0.25, -0.2) is 26.9 Å². The molecule has 3 aromatic rings. The summed E-state index contributed by atoms with van der Waals surface area (Å²) >= 11 is 17.4. The van der Waals surface area contributed by atoms with E-state index in [1.165, 1.54) is 24.3 Å². The summed E-state index contributed by atoms with van der Waals surface area (Å²) in [6, 6.07) is 11.8. The molecule has 0 spiro atoms. The number of rotatable bonds is 3. The Balaban J connectivity index is 1.43. The number of hydrogen-bond donors (Lipinski definition) is 1. The first kappa shape index (κ1) is 31.8. The molecule has 0 aromatic heterocycles. The van der Waals surface area contributed by atoms with Gasteiger partial charge in [0.05, 0.1) is 17.5 Å². The van der Waals surface area contributed by atoms with Gasteiger partial charge in [0.15, 0.2) is 33.0 Å². The van der Waals surface area contributed by atoms with Crippen LogP contribution in [-0.2, 0) is 19.2 Å². The summed E-state index contributed by atoms with van der Waals surface area (Å²) in [6.07, 6.45) is 0.890. The topological polar surface area (TPSA) is 95.0 Å². The van der Waals surface area contributed by atoms with E-state index < -0.39 is 104 Å². The number of hydrogen-bond acceptors (Lipinski definition) is 5. The normalized spacial score (nSPS) is 30.0. The molecule has 6 unspecified atom stereocenters. The molecule has 2 heterocycles. The Labute approximate surface area is 280 Å². The third-order valence-corrected chi connectivity index (χ3v) is 11.5. The molecule has 15 heteroatoms. The number of carbonyl (C=O) groups is 4. The van der Waals surface area contributed by atoms with Crippen molar-refractivity contribution in [2.45, 2.75) is 28.5 Å². The molecule has 2 aliphatic carbocycles. The molecule has 0 bridgehead atoms. The van der Waals surface area contributed by atoms with Gasteiger partial charge < -0.3 is 5.11 Å². The van der Waals surface area contributed by atoms with Crippen LogP contribution in [0, 0.1) is 46.8 Å². The van der Waals surface area contributed by atoms with Crippen LogP contribution >= 0.6 is 39.1 Å². The first-order valence-corrected chi connectivity index (χ1v) is 15.6. The maximum absolute atomic E-state index is 15.1. The van der Waals surface area contributed by atoms with Crippen molar-refractivity contribution in [3.05, 3.63) is 99.3 Å². The van der Waals surface area contributed by atoms with Crippen LogP contribution < -0.4 is 9.80 Å². The van der Waals surface area contributed by atoms with Crippen LogP contribution in [0.4, 0.5) is 33.3 Å². The second-order valence-corrected chi connectivity index (χ2v) is 13.9. The number of alkyl halides is 2. The summed E-state index contributed by atoms with van der Waals surface area (Å²) in [5, 5.41) is 11.0. The number of nitrogens with zero attached hydrogens (tertiary/aromatic N) is 2. The molecule has 7 rings (SSSR count). The quantitative estimate of drug-likeness (QED) is 0.0811. The molecule has 0 radical (unpaired) electrons. The molecule has 1 N–H and O–H groups in total. The average Bonchev–Trinajstić information content (AvgIpc) is 3.38. The number of benzene rings is 3. The Morgan fingerprint density at radius 3 is 1.98 bits per heavy atom. The Hall–Kier alpha value is -3.81. The smallest absolute Gasteiger partial charge is 0.258 e. The van der Waals surface area contributed by atoms with Gasteiger partial charge in [-0.2, -0.15) is 0 Å². The maximum Gasteiger partial charge on any atom is 0.258 e. The molecule has 47 heavy (non-hydrogen) atoms. The number of fused-ring (bicyclic) bond motifs is 4. The van der Waals surface area contributed by atoms with Gasteiger partial charge in [-0.3, -0.25) is 24.1 Å². The van der Waals surface area contributed by atoms with Gasteiger partial charge in [-0.1, -0.05) is 45.8 Å². The third kappa shape index (κ3) is 4.02. The lowest BCUT2D eigenvalue weighted by Crippen LogP contribution is -2.60. The average molecular weight is 756 g/mol. The highest BCUT2D eigenvalue weighted by Gasteiger charge is 2.77. The van der Waals surface area contributed by atoms with Gasteiger partial charge in [-0.15, -0.1) is 23.2 Å². The minimum absolute atomic E-state index is 0.0239. The lowest BCUT2D eigenvalue weighted by atomic mass is 9.56. The van der Waals surface area contributed by atoms with Crippen LogP contribution in [0.5, 0.6) is 5.75 Å². The highest BCUT2D eigenvalue weighted by molar-refractivity contribution is 9.10. The SMILES string of the molecule is O=C1C2CC=C3C(CC4(Cl)C(=O)N(c5c(F)c(F)c(F)c(F)c5F)C(=O)C4(Cl)C3c3ccccc3O)C2C(=O)N1c1ccc(Br)cc1. The molecule has 1 saturated carbocycles. The molecule has 3 aromatic carbocycles. The minimum atomic E-state index is -2.71. The number of phenols is 1. The zero-order valence-electron chi connectivity index (χ0n) is 23.4. The van der Waals surface area contributed by atoms with Gasteiger partial charge >= 0.3 is 0 Å². The fraction of sp³-hybridized carbons (Fsp3) is 0.250. The van der Waals surface area contributed by atoms with Gasteiger partial charge in [0, 0.05) is 16.0 Å². The number of carbonyl (C=O) groups excluding carboxylic acids is 4. The number of aromatic hydroxyl groups is 1. The van der Waals surface area contributed by atoms with Crippen LogP contribution in [0.2, 0.25) is 0 Å². The Morgan fingerprint density at radius 2 is 1.36 bits per heavy atom. The van der Waals surface area contributed by atoms with E-state index >= 15 is 8.78 Å². The summed E-state index contributed by atoms with van der Waals surface area (Å²) in [5.74, 6) is -21.9. The van der Waals surface area contributed by atoms with E-state index in [0.29, 0.717) is 4.47 Å². The van der Waals surface area contributed by atoms with Crippen LogP contribution in [0.15, 0.2) is 64.7 Å². The zero-order chi connectivity index (χ0) is 33.9. The first-order valence-electron chi connectivity index (χ1n) is 14.1. The van der Waals surface area contributed by atoms with E-state index in [9.17, 15) is 37.5 Å². The Kier molecular flexibility index (Phi) is 7.16. The van der Waals surface area contributed by atoms with E-state index in [-0.39, 0.29) is 28.1 Å². The van der Waals surface area contributed by atoms with Crippen molar-refractivity contribution in [1.82, 2.24) is 0 Å². The van der Waals surface area contributed by atoms with Gasteiger partial charge in [0.2, 0.25) is 17.6 Å². The summed E-state index contributed by atoms with van der Waals surface area (Å²) in [4.78, 5) is 51.5. The highest BCUT2D eigenvalue weighted by atomic mass is 79.9. The first-order chi connectivity index (χ1) is 22.2. The predicted octanol–water partition coefficient (Wildman–Crippen LogP) is 6.62. The number of halogens is 8. The van der Waals surface area contributed by atoms with Crippen molar-refractivity contribution in [1.29, 1.82) is 0 Å². The number of amides is 4. The van der Waals surface area contributed by atoms with E-state index in [1.54, 1.807) is 30.3 Å². The number of anilines is 2. The molecule has 242 valence electrons. The van der Waals surface area contributed by atoms with Crippen molar-refractivity contribution in [3.63, 3.8) is 0 Å². The summed E-state index contributed by atoms with van der Waals surface area (Å²) < 4.78 is 73.5. The highest BCUT2D eigenvalue weighted by Crippen LogP contribution is 2.66. The molecule has 4 amide bonds. The van der Waals surface area contributed by atoms with E-state index in [0.717, 1.165) is 4.90 Å². The summed E-state index contributed by atoms with van der Waals surface area (Å²) in [7, 11) is 0. The molecule has 7 nitrogen and oxygen atoms in total. The molecular weight excluding hydrogens is 738 g/mol. The standard InChI is InChI=1S/C32H18BrCl2F5N2O5/c33-12-5-7-13(8-6-12)41-27(44)16-10-9-14-17(19(16)28(41)45)11-31(34)29(46)42(26-24(39)22(37)21(36)23(38)25(26)40)30(47)32(31,35)20(14)15-3-1-2-4-18(15)43/h1-9,16-17,19-20,43H,10-11H2. The summed E-state index contributed by atoms with van der Waals surface area (Å²) in [5.41, 5.74) is -1.43. The molecule has 4 aliphatic rings. The van der Waals surface area contributed by atoms with Crippen LogP contribution in [0.25, 0.3) is 0 Å². The van der Waals surface area contributed by atoms with Crippen molar-refractivity contribution in [2.75, 3.05) is 9.80 Å². The Bertz CT molecular complexity index is 1970. The van der Waals surface area contributed by atoms with E-state index in [1.807, 2.05) is 0 Å². The molecule has 3 fully saturated rings. The predicted molar refractivity (Wildman–Crippen MR) is 161 cm³/mol. The maximum atomic E-state index is 15.1. The fourth-order valence-electron chi connectivity index (χ4n) is 7.49. The lowest BCUT2D eigenvalue weighted by molar-refractivity contribution is -0.125. The molecule has 6 atom stereocenters. The fourth-order valence-corrected chi connectivity index (χ4v) is 8.68. The lowest BCUT2D eigenvalue weighted by Gasteiger charge is -2.50. The number of imide groups is 2. The van der Waals surface area contributed by atoms with Crippen LogP contribution in [-0.4, -0.2) is 38.5 Å². The van der Waals surface area contributed by atoms with Crippen molar-refractivity contribution in [2.24, 2.45) is 17.8 Å².